The predicted molar refractivity (Wildman–Crippen MR) is 133 cm³/mol. The molecule has 0 saturated carbocycles. The van der Waals surface area contributed by atoms with Crippen molar-refractivity contribution in [3.05, 3.63) is 88.6 Å². The highest BCUT2D eigenvalue weighted by Gasteiger charge is 2.31. The van der Waals surface area contributed by atoms with Crippen LogP contribution in [0.25, 0.3) is 0 Å². The second-order valence-corrected chi connectivity index (χ2v) is 9.10. The first-order valence-electron chi connectivity index (χ1n) is 11.9. The first kappa shape index (κ1) is 24.9. The van der Waals surface area contributed by atoms with Gasteiger partial charge in [0.1, 0.15) is 6.26 Å². The van der Waals surface area contributed by atoms with Gasteiger partial charge < -0.3 is 14.1 Å². The second-order valence-electron chi connectivity index (χ2n) is 8.69. The van der Waals surface area contributed by atoms with Gasteiger partial charge in [-0.2, -0.15) is 0 Å². The summed E-state index contributed by atoms with van der Waals surface area (Å²) < 4.78 is 10.8. The fourth-order valence-corrected chi connectivity index (χ4v) is 4.52. The number of aromatic nitrogens is 1. The fourth-order valence-electron chi connectivity index (χ4n) is 4.33. The van der Waals surface area contributed by atoms with E-state index in [1.54, 1.807) is 11.8 Å². The number of nitrogens with zero attached hydrogens (tertiary/aromatic N) is 3. The maximum Gasteiger partial charge on any atom is 0.310 e. The highest BCUT2D eigenvalue weighted by atomic mass is 35.5. The van der Waals surface area contributed by atoms with Gasteiger partial charge in [-0.05, 0) is 37.0 Å². The fraction of sp³-hybridized carbons (Fsp3) is 0.370. The van der Waals surface area contributed by atoms with Crippen molar-refractivity contribution >= 4 is 23.5 Å². The summed E-state index contributed by atoms with van der Waals surface area (Å²) >= 11 is 6.41. The van der Waals surface area contributed by atoms with Crippen molar-refractivity contribution in [2.45, 2.75) is 39.4 Å². The number of esters is 1. The van der Waals surface area contributed by atoms with Gasteiger partial charge in [0.2, 0.25) is 5.89 Å². The van der Waals surface area contributed by atoms with Crippen molar-refractivity contribution < 1.29 is 18.7 Å². The molecule has 0 spiro atoms. The van der Waals surface area contributed by atoms with E-state index >= 15 is 0 Å². The van der Waals surface area contributed by atoms with Crippen LogP contribution < -0.4 is 0 Å². The molecule has 1 aliphatic heterocycles. The minimum Gasteiger partial charge on any atom is -0.466 e. The van der Waals surface area contributed by atoms with E-state index in [-0.39, 0.29) is 23.5 Å². The number of benzene rings is 2. The molecule has 1 amide bonds. The van der Waals surface area contributed by atoms with Crippen molar-refractivity contribution in [1.82, 2.24) is 14.8 Å². The van der Waals surface area contributed by atoms with E-state index in [0.29, 0.717) is 50.2 Å². The maximum absolute atomic E-state index is 13.1. The Morgan fingerprint density at radius 2 is 1.89 bits per heavy atom. The van der Waals surface area contributed by atoms with E-state index in [1.807, 2.05) is 42.5 Å². The molecule has 0 aliphatic carbocycles. The van der Waals surface area contributed by atoms with Crippen LogP contribution in [0.5, 0.6) is 0 Å². The van der Waals surface area contributed by atoms with Crippen molar-refractivity contribution in [2.75, 3.05) is 19.7 Å². The summed E-state index contributed by atoms with van der Waals surface area (Å²) in [4.78, 5) is 33.5. The Kier molecular flexibility index (Phi) is 8.55. The van der Waals surface area contributed by atoms with Crippen LogP contribution in [0.3, 0.4) is 0 Å². The van der Waals surface area contributed by atoms with Crippen molar-refractivity contribution in [3.8, 4) is 0 Å². The van der Waals surface area contributed by atoms with Crippen LogP contribution in [0.4, 0.5) is 0 Å². The molecule has 7 nitrogen and oxygen atoms in total. The molecule has 35 heavy (non-hydrogen) atoms. The number of amides is 1. The average Bonchev–Trinajstić information content (AvgIpc) is 3.34. The van der Waals surface area contributed by atoms with Crippen molar-refractivity contribution in [2.24, 2.45) is 5.92 Å². The Bertz CT molecular complexity index is 1130. The molecule has 4 rings (SSSR count). The van der Waals surface area contributed by atoms with Gasteiger partial charge in [0.05, 0.1) is 19.1 Å². The zero-order valence-corrected chi connectivity index (χ0v) is 20.6. The van der Waals surface area contributed by atoms with E-state index in [9.17, 15) is 9.59 Å². The summed E-state index contributed by atoms with van der Waals surface area (Å²) in [6.07, 6.45) is 2.88. The number of oxazole rings is 1. The summed E-state index contributed by atoms with van der Waals surface area (Å²) in [5, 5.41) is 0.704. The first-order valence-corrected chi connectivity index (χ1v) is 12.3. The molecule has 184 valence electrons. The molecule has 1 aliphatic rings. The second kappa shape index (κ2) is 12.0. The topological polar surface area (TPSA) is 75.9 Å². The molecular formula is C27H30ClN3O4. The van der Waals surface area contributed by atoms with Crippen LogP contribution in [0.2, 0.25) is 5.02 Å². The summed E-state index contributed by atoms with van der Waals surface area (Å²) in [6.45, 7) is 4.74. The lowest BCUT2D eigenvalue weighted by molar-refractivity contribution is -0.149. The van der Waals surface area contributed by atoms with E-state index in [0.717, 1.165) is 24.0 Å². The van der Waals surface area contributed by atoms with E-state index < -0.39 is 0 Å². The van der Waals surface area contributed by atoms with Crippen molar-refractivity contribution in [1.29, 1.82) is 0 Å². The number of carbonyl (C=O) groups is 2. The smallest absolute Gasteiger partial charge is 0.310 e. The number of carbonyl (C=O) groups excluding carboxylic acids is 2. The standard InChI is InChI=1S/C27H30ClN3O4/c1-2-34-27(33)22-12-8-14-31(17-22)26(32)24-19-35-25(29-24)18-30(15-20-9-4-3-5-10-20)16-21-11-6-7-13-23(21)28/h3-7,9-11,13,19,22H,2,8,12,14-18H2,1H3/t22-/m1/s1. The first-order chi connectivity index (χ1) is 17.0. The third kappa shape index (κ3) is 6.71. The summed E-state index contributed by atoms with van der Waals surface area (Å²) in [6, 6.07) is 17.9. The Balaban J connectivity index is 1.45. The SMILES string of the molecule is CCOC(=O)[C@@H]1CCCN(C(=O)c2coc(CN(Cc3ccccc3)Cc3ccccc3Cl)n2)C1. The van der Waals surface area contributed by atoms with Crippen LogP contribution >= 0.6 is 11.6 Å². The summed E-state index contributed by atoms with van der Waals surface area (Å²) in [5.74, 6) is -0.317. The molecule has 8 heteroatoms. The third-order valence-electron chi connectivity index (χ3n) is 6.06. The molecule has 2 aromatic carbocycles. The number of piperidine rings is 1. The zero-order valence-electron chi connectivity index (χ0n) is 19.9. The zero-order chi connectivity index (χ0) is 24.6. The lowest BCUT2D eigenvalue weighted by Crippen LogP contribution is -2.43. The number of hydrogen-bond donors (Lipinski definition) is 0. The van der Waals surface area contributed by atoms with Gasteiger partial charge in [0.25, 0.3) is 5.91 Å². The minimum atomic E-state index is -0.295. The molecule has 3 aromatic rings. The molecule has 2 heterocycles. The molecule has 0 radical (unpaired) electrons. The van der Waals surface area contributed by atoms with Crippen LogP contribution in [-0.2, 0) is 29.2 Å². The van der Waals surface area contributed by atoms with Gasteiger partial charge in [0.15, 0.2) is 5.69 Å². The quantitative estimate of drug-likeness (QED) is 0.391. The molecule has 1 aromatic heterocycles. The normalized spacial score (nSPS) is 15.9. The van der Waals surface area contributed by atoms with E-state index in [4.69, 9.17) is 20.8 Å². The Labute approximate surface area is 210 Å². The predicted octanol–water partition coefficient (Wildman–Crippen LogP) is 4.95. The van der Waals surface area contributed by atoms with Gasteiger partial charge >= 0.3 is 5.97 Å². The number of hydrogen-bond acceptors (Lipinski definition) is 6. The lowest BCUT2D eigenvalue weighted by atomic mass is 9.98. The van der Waals surface area contributed by atoms with Crippen molar-refractivity contribution in [3.63, 3.8) is 0 Å². The Morgan fingerprint density at radius 1 is 1.11 bits per heavy atom. The number of rotatable bonds is 9. The number of likely N-dealkylation sites (tertiary alicyclic amines) is 1. The van der Waals surface area contributed by atoms with Gasteiger partial charge in [-0.1, -0.05) is 60.1 Å². The molecule has 1 saturated heterocycles. The molecule has 0 unspecified atom stereocenters. The Morgan fingerprint density at radius 3 is 2.66 bits per heavy atom. The molecule has 0 N–H and O–H groups in total. The van der Waals surface area contributed by atoms with E-state index in [2.05, 4.69) is 22.0 Å². The van der Waals surface area contributed by atoms with E-state index in [1.165, 1.54) is 6.26 Å². The monoisotopic (exact) mass is 495 g/mol. The largest absolute Gasteiger partial charge is 0.466 e. The maximum atomic E-state index is 13.1. The average molecular weight is 496 g/mol. The minimum absolute atomic E-state index is 0.227. The highest BCUT2D eigenvalue weighted by molar-refractivity contribution is 6.31. The van der Waals surface area contributed by atoms with Gasteiger partial charge in [-0.3, -0.25) is 14.5 Å². The Hall–Kier alpha value is -3.16. The molecule has 0 bridgehead atoms. The van der Waals surface area contributed by atoms with Gasteiger partial charge in [-0.15, -0.1) is 0 Å². The summed E-state index contributed by atoms with van der Waals surface area (Å²) in [7, 11) is 0. The molecule has 1 atom stereocenters. The van der Waals surface area contributed by atoms with Gasteiger partial charge in [0, 0.05) is 31.2 Å². The van der Waals surface area contributed by atoms with Crippen LogP contribution in [-0.4, -0.2) is 46.4 Å². The highest BCUT2D eigenvalue weighted by Crippen LogP contribution is 2.22. The molecular weight excluding hydrogens is 466 g/mol. The number of halogens is 1. The third-order valence-corrected chi connectivity index (χ3v) is 6.43. The molecule has 1 fully saturated rings. The van der Waals surface area contributed by atoms with Crippen LogP contribution in [0.1, 0.15) is 47.3 Å². The van der Waals surface area contributed by atoms with Crippen LogP contribution in [0.15, 0.2) is 65.3 Å². The van der Waals surface area contributed by atoms with Gasteiger partial charge in [-0.25, -0.2) is 4.98 Å². The number of ether oxygens (including phenoxy) is 1. The lowest BCUT2D eigenvalue weighted by Gasteiger charge is -2.30. The summed E-state index contributed by atoms with van der Waals surface area (Å²) in [5.41, 5.74) is 2.41. The van der Waals surface area contributed by atoms with Crippen LogP contribution in [0, 0.1) is 5.92 Å².